The summed E-state index contributed by atoms with van der Waals surface area (Å²) in [6.07, 6.45) is 33.0. The number of rotatable bonds is 54. The Morgan fingerprint density at radius 3 is 0.789 bits per heavy atom. The van der Waals surface area contributed by atoms with E-state index in [0.29, 0.717) is 118 Å². The van der Waals surface area contributed by atoms with Crippen LogP contribution in [-0.2, 0) is 10.8 Å². The topological polar surface area (TPSA) is 244 Å². The Hall–Kier alpha value is -7.38. The Balaban J connectivity index is 1.77. The fourth-order valence-corrected chi connectivity index (χ4v) is 16.1. The van der Waals surface area contributed by atoms with Crippen molar-refractivity contribution < 1.29 is 19.2 Å². The number of carbonyl (C=O) groups is 4. The van der Waals surface area contributed by atoms with Crippen LogP contribution in [0.15, 0.2) is 69.2 Å². The molecular weight excluding hydrogens is 1420 g/mol. The number of amides is 4. The Bertz CT molecular complexity index is 3380. The predicted molar refractivity (Wildman–Crippen MR) is 476 cm³/mol. The van der Waals surface area contributed by atoms with Crippen LogP contribution in [0, 0.1) is 23.7 Å². The number of anilines is 2. The van der Waals surface area contributed by atoms with Gasteiger partial charge in [0.1, 0.15) is 6.33 Å². The van der Waals surface area contributed by atoms with Gasteiger partial charge in [-0.1, -0.05) is 281 Å². The molecule has 638 valence electrons. The van der Waals surface area contributed by atoms with Gasteiger partial charge < -0.3 is 31.1 Å². The number of carbonyl (C=O) groups excluding carboxylic acids is 4. The third kappa shape index (κ3) is 27.9. The third-order valence-corrected chi connectivity index (χ3v) is 23.9. The first kappa shape index (κ1) is 97.2. The van der Waals surface area contributed by atoms with Gasteiger partial charge in [0.15, 0.2) is 34.6 Å². The van der Waals surface area contributed by atoms with Crippen molar-refractivity contribution in [3.05, 3.63) is 82.4 Å². The second-order valence-electron chi connectivity index (χ2n) is 35.0. The summed E-state index contributed by atoms with van der Waals surface area (Å²) in [6, 6.07) is 12.6. The second-order valence-corrected chi connectivity index (χ2v) is 35.0. The molecule has 0 radical (unpaired) electrons. The second kappa shape index (κ2) is 49.6. The standard InChI is InChI=1S/C94H158N16O4/c1-23-39-47-67(31-9)62-105(77(35-13)51-43-27-5)89(111)71-55-72(90(112)106(78(36-14)52-44-28-6)63-68(32-10)48-40-24-2)58-75(57-71)99-101-83-85(93(17,18)19)103-109(87(83)95)81-61-82(98-66-97-81)110-88(96)84(86(104-110)94(20,21)22)102-100-76-59-73(91(113)107(79(37-15)53-45-29-7)64-69(33-11)49-41-25-3)56-74(60-76)92(114)108(80(38-16)54-46-30-8)65-70(34-12)50-42-26-4/h55-61,66-70,77-80H,23-54,62-65,95-96H2,1-22H3. The molecule has 3 aromatic heterocycles. The lowest BCUT2D eigenvalue weighted by Gasteiger charge is -2.35. The van der Waals surface area contributed by atoms with Gasteiger partial charge in [0.05, 0.1) is 22.8 Å². The highest BCUT2D eigenvalue weighted by Gasteiger charge is 2.36. The van der Waals surface area contributed by atoms with E-state index < -0.39 is 10.8 Å². The van der Waals surface area contributed by atoms with Gasteiger partial charge in [0.25, 0.3) is 23.6 Å². The van der Waals surface area contributed by atoms with E-state index in [4.69, 9.17) is 52.1 Å². The first-order chi connectivity index (χ1) is 54.6. The van der Waals surface area contributed by atoms with Crippen molar-refractivity contribution in [2.45, 2.75) is 393 Å². The summed E-state index contributed by atoms with van der Waals surface area (Å²) < 4.78 is 3.05. The lowest BCUT2D eigenvalue weighted by atomic mass is 9.91. The van der Waals surface area contributed by atoms with E-state index in [0.717, 1.165) is 205 Å². The molecule has 5 aromatic rings. The Morgan fingerprint density at radius 1 is 0.342 bits per heavy atom. The van der Waals surface area contributed by atoms with Crippen LogP contribution in [0.5, 0.6) is 0 Å². The zero-order chi connectivity index (χ0) is 84.2. The normalized spacial score (nSPS) is 14.3. The van der Waals surface area contributed by atoms with Crippen molar-refractivity contribution >= 4 is 58.0 Å². The van der Waals surface area contributed by atoms with Crippen molar-refractivity contribution in [2.75, 3.05) is 37.6 Å². The average molecular weight is 1580 g/mol. The molecule has 20 nitrogen and oxygen atoms in total. The van der Waals surface area contributed by atoms with Crippen molar-refractivity contribution in [1.29, 1.82) is 0 Å². The molecule has 4 amide bonds. The number of nitrogens with two attached hydrogens (primary N) is 2. The lowest BCUT2D eigenvalue weighted by molar-refractivity contribution is 0.0597. The molecule has 0 aliphatic rings. The van der Waals surface area contributed by atoms with Crippen molar-refractivity contribution in [3.8, 4) is 11.6 Å². The first-order valence-electron chi connectivity index (χ1n) is 45.6. The van der Waals surface area contributed by atoms with E-state index in [1.807, 2.05) is 53.7 Å². The highest BCUT2D eigenvalue weighted by Crippen LogP contribution is 2.42. The van der Waals surface area contributed by atoms with Crippen molar-refractivity contribution in [1.82, 2.24) is 49.1 Å². The molecule has 114 heavy (non-hydrogen) atoms. The van der Waals surface area contributed by atoms with Crippen LogP contribution in [0.4, 0.5) is 34.4 Å². The highest BCUT2D eigenvalue weighted by molar-refractivity contribution is 6.02. The predicted octanol–water partition coefficient (Wildman–Crippen LogP) is 25.9. The fourth-order valence-electron chi connectivity index (χ4n) is 16.1. The molecule has 0 saturated heterocycles. The van der Waals surface area contributed by atoms with Gasteiger partial charge in [-0.3, -0.25) is 19.2 Å². The Kier molecular flexibility index (Phi) is 42.3. The summed E-state index contributed by atoms with van der Waals surface area (Å²) in [5.41, 5.74) is 17.4. The quantitative estimate of drug-likeness (QED) is 0.0349. The van der Waals surface area contributed by atoms with Gasteiger partial charge in [-0.2, -0.15) is 29.8 Å². The van der Waals surface area contributed by atoms with Crippen molar-refractivity contribution in [3.63, 3.8) is 0 Å². The molecule has 2 aromatic carbocycles. The van der Waals surface area contributed by atoms with Crippen LogP contribution in [0.1, 0.15) is 411 Å². The fraction of sp³-hybridized carbons (Fsp3) is 0.723. The van der Waals surface area contributed by atoms with Crippen LogP contribution in [0.2, 0.25) is 0 Å². The minimum absolute atomic E-state index is 0.0195. The number of aromatic nitrogens is 6. The maximum Gasteiger partial charge on any atom is 0.254 e. The van der Waals surface area contributed by atoms with Crippen molar-refractivity contribution in [2.24, 2.45) is 44.1 Å². The number of nitrogen functional groups attached to an aromatic ring is 2. The monoisotopic (exact) mass is 1580 g/mol. The summed E-state index contributed by atoms with van der Waals surface area (Å²) in [5, 5.41) is 30.3. The molecule has 8 atom stereocenters. The molecule has 0 spiro atoms. The van der Waals surface area contributed by atoms with E-state index in [1.54, 1.807) is 30.3 Å². The zero-order valence-electron chi connectivity index (χ0n) is 75.7. The van der Waals surface area contributed by atoms with Gasteiger partial charge in [-0.15, -0.1) is 10.2 Å². The SMILES string of the molecule is CCCCC(CC)CN(C(=O)c1cc(N=Nc2c(C(C)(C)C)nn(-c3cc(-n4nc(C(C)(C)C)c(N=Nc5cc(C(=O)N(CC(CC)CCCC)C(CC)CCCC)cc(C(=O)N(CC(CC)CCCC)C(CC)CCCC)c5)c4N)ncn3)c2N)cc(C(=O)N(CC(CC)CCCC)C(CC)CCCC)c1)C(CC)CCCC. The van der Waals surface area contributed by atoms with Gasteiger partial charge in [0.2, 0.25) is 0 Å². The van der Waals surface area contributed by atoms with Crippen LogP contribution < -0.4 is 11.5 Å². The number of nitrogens with zero attached hydrogens (tertiary/aromatic N) is 14. The maximum atomic E-state index is 15.7. The van der Waals surface area contributed by atoms with Crippen LogP contribution in [-0.4, -0.2) is 123 Å². The number of unbranched alkanes of at least 4 members (excludes halogenated alkanes) is 8. The Morgan fingerprint density at radius 2 is 0.579 bits per heavy atom. The summed E-state index contributed by atoms with van der Waals surface area (Å²) in [4.78, 5) is 80.9. The Labute approximate surface area is 691 Å². The first-order valence-corrected chi connectivity index (χ1v) is 45.6. The molecule has 0 aliphatic carbocycles. The van der Waals surface area contributed by atoms with Gasteiger partial charge in [0, 0.05) is 89.5 Å². The van der Waals surface area contributed by atoms with E-state index in [9.17, 15) is 0 Å². The molecule has 5 rings (SSSR count). The van der Waals surface area contributed by atoms with E-state index >= 15 is 19.2 Å². The lowest BCUT2D eigenvalue weighted by Crippen LogP contribution is -2.44. The molecule has 3 heterocycles. The third-order valence-electron chi connectivity index (χ3n) is 23.9. The number of hydrogen-bond donors (Lipinski definition) is 2. The molecule has 0 saturated carbocycles. The van der Waals surface area contributed by atoms with Crippen LogP contribution in [0.25, 0.3) is 11.6 Å². The number of azo groups is 2. The van der Waals surface area contributed by atoms with Crippen LogP contribution >= 0.6 is 0 Å². The van der Waals surface area contributed by atoms with Gasteiger partial charge in [-0.25, -0.2) is 9.97 Å². The minimum atomic E-state index is -0.628. The summed E-state index contributed by atoms with van der Waals surface area (Å²) >= 11 is 0. The molecule has 0 fully saturated rings. The number of benzene rings is 2. The summed E-state index contributed by atoms with van der Waals surface area (Å²) in [5.74, 6) is 1.79. The number of hydrogen-bond acceptors (Lipinski definition) is 14. The highest BCUT2D eigenvalue weighted by atomic mass is 16.2. The molecule has 0 bridgehead atoms. The smallest absolute Gasteiger partial charge is 0.254 e. The summed E-state index contributed by atoms with van der Waals surface area (Å²) in [6.45, 7) is 50.1. The minimum Gasteiger partial charge on any atom is -0.382 e. The van der Waals surface area contributed by atoms with E-state index in [1.165, 1.54) is 15.7 Å². The molecular formula is C94H158N16O4. The molecule has 8 unspecified atom stereocenters. The molecule has 4 N–H and O–H groups in total. The largest absolute Gasteiger partial charge is 0.382 e. The van der Waals surface area contributed by atoms with E-state index in [-0.39, 0.29) is 59.4 Å². The average Bonchev–Trinajstić information content (AvgIpc) is 1.60. The summed E-state index contributed by atoms with van der Waals surface area (Å²) in [7, 11) is 0. The molecule has 0 aliphatic heterocycles. The van der Waals surface area contributed by atoms with Gasteiger partial charge in [-0.05, 0) is 137 Å². The zero-order valence-corrected chi connectivity index (χ0v) is 75.7. The van der Waals surface area contributed by atoms with E-state index in [2.05, 4.69) is 130 Å². The van der Waals surface area contributed by atoms with Crippen LogP contribution in [0.3, 0.4) is 0 Å². The molecule has 20 heteroatoms. The maximum absolute atomic E-state index is 15.7. The van der Waals surface area contributed by atoms with Gasteiger partial charge >= 0.3 is 0 Å².